The van der Waals surface area contributed by atoms with Gasteiger partial charge in [-0.05, 0) is 31.2 Å². The van der Waals surface area contributed by atoms with E-state index in [4.69, 9.17) is 11.6 Å². The first-order chi connectivity index (χ1) is 12.0. The number of hydrogen-bond acceptors (Lipinski definition) is 3. The Balaban J connectivity index is 0.00000243. The number of para-hydroxylation sites is 1. The van der Waals surface area contributed by atoms with Crippen molar-refractivity contribution >= 4 is 71.8 Å². The maximum absolute atomic E-state index is 13.0. The average Bonchev–Trinajstić information content (AvgIpc) is 2.61. The van der Waals surface area contributed by atoms with Crippen LogP contribution in [0.1, 0.15) is 17.3 Å². The maximum atomic E-state index is 13.0. The van der Waals surface area contributed by atoms with Crippen molar-refractivity contribution in [1.29, 1.82) is 0 Å². The van der Waals surface area contributed by atoms with Gasteiger partial charge in [-0.3, -0.25) is 9.59 Å². The molecule has 0 unspecified atom stereocenters. The molecule has 0 radical (unpaired) electrons. The van der Waals surface area contributed by atoms with Gasteiger partial charge in [0, 0.05) is 19.3 Å². The summed E-state index contributed by atoms with van der Waals surface area (Å²) >= 11 is 6.19. The first kappa shape index (κ1) is 20.8. The topological polar surface area (TPSA) is 62.5 Å². The number of hydrogen-bond donors (Lipinski definition) is 1. The Morgan fingerprint density at radius 3 is 2.42 bits per heavy atom. The van der Waals surface area contributed by atoms with Crippen LogP contribution in [-0.2, 0) is 7.05 Å². The molecule has 2 aromatic carbocycles. The van der Waals surface area contributed by atoms with Gasteiger partial charge in [0.1, 0.15) is 11.3 Å². The molecule has 26 heavy (non-hydrogen) atoms. The molecule has 1 N–H and O–H groups in total. The Morgan fingerprint density at radius 1 is 1.15 bits per heavy atom. The molecule has 0 aliphatic rings. The van der Waals surface area contributed by atoms with E-state index in [1.807, 2.05) is 6.07 Å². The average molecular weight is 399 g/mol. The van der Waals surface area contributed by atoms with Crippen LogP contribution in [0.3, 0.4) is 0 Å². The normalized spacial score (nSPS) is 10.4. The van der Waals surface area contributed by atoms with Crippen LogP contribution in [0.15, 0.2) is 53.3 Å². The van der Waals surface area contributed by atoms with Gasteiger partial charge in [-0.15, -0.1) is 0 Å². The molecule has 0 atom stereocenters. The number of pyridine rings is 1. The summed E-state index contributed by atoms with van der Waals surface area (Å²) in [5.74, 6) is -0.947. The second-order valence-electron chi connectivity index (χ2n) is 5.61. The van der Waals surface area contributed by atoms with Crippen molar-refractivity contribution in [3.63, 3.8) is 0 Å². The Hall–Kier alpha value is -1.53. The van der Waals surface area contributed by atoms with Gasteiger partial charge in [0.25, 0.3) is 11.5 Å². The Morgan fingerprint density at radius 2 is 1.81 bits per heavy atom. The second-order valence-corrected chi connectivity index (χ2v) is 6.01. The number of carbonyl (C=O) groups excluding carboxylic acids is 1. The SMILES string of the molecule is CCN(C(=O)c1c(O)c2c(Cl)cccc2n(C)c1=O)c1ccccc1.[CaH2]. The number of fused-ring (bicyclic) bond motifs is 1. The molecule has 1 heterocycles. The Bertz CT molecular complexity index is 1020. The van der Waals surface area contributed by atoms with E-state index < -0.39 is 11.5 Å². The zero-order chi connectivity index (χ0) is 18.1. The zero-order valence-electron chi connectivity index (χ0n) is 13.9. The minimum absolute atomic E-state index is 0. The number of benzene rings is 2. The molecule has 0 aliphatic heterocycles. The Labute approximate surface area is 185 Å². The number of halogens is 1. The van der Waals surface area contributed by atoms with Gasteiger partial charge in [-0.1, -0.05) is 35.9 Å². The molecule has 3 aromatic rings. The third kappa shape index (κ3) is 3.49. The molecular formula is C19H19CaClN2O3. The molecule has 0 bridgehead atoms. The van der Waals surface area contributed by atoms with Crippen molar-refractivity contribution in [2.75, 3.05) is 11.4 Å². The predicted octanol–water partition coefficient (Wildman–Crippen LogP) is 2.65. The van der Waals surface area contributed by atoms with Crippen molar-refractivity contribution < 1.29 is 9.90 Å². The van der Waals surface area contributed by atoms with E-state index in [-0.39, 0.29) is 54.1 Å². The standard InChI is InChI=1S/C19H17ClN2O3.Ca.2H/c1-3-22(12-8-5-4-6-9-12)19(25)16-17(23)15-13(20)10-7-11-14(15)21(2)18(16)24;;;/h4-11,23H,3H2,1-2H3;;;. The summed E-state index contributed by atoms with van der Waals surface area (Å²) in [7, 11) is 1.55. The van der Waals surface area contributed by atoms with Gasteiger partial charge >= 0.3 is 37.7 Å². The van der Waals surface area contributed by atoms with Crippen LogP contribution in [0.2, 0.25) is 5.02 Å². The molecule has 0 spiro atoms. The number of aromatic nitrogens is 1. The molecule has 0 aliphatic carbocycles. The number of aryl methyl sites for hydroxylation is 1. The van der Waals surface area contributed by atoms with Crippen LogP contribution in [0.5, 0.6) is 5.75 Å². The summed E-state index contributed by atoms with van der Waals surface area (Å²) in [6.45, 7) is 2.16. The van der Waals surface area contributed by atoms with Crippen LogP contribution in [0, 0.1) is 0 Å². The quantitative estimate of drug-likeness (QED) is 0.690. The van der Waals surface area contributed by atoms with E-state index in [1.165, 1.54) is 9.47 Å². The summed E-state index contributed by atoms with van der Waals surface area (Å²) < 4.78 is 1.33. The fraction of sp³-hybridized carbons (Fsp3) is 0.158. The molecular weight excluding hydrogens is 380 g/mol. The summed E-state index contributed by atoms with van der Waals surface area (Å²) in [6, 6.07) is 14.0. The van der Waals surface area contributed by atoms with E-state index in [1.54, 1.807) is 56.4 Å². The molecule has 0 fully saturated rings. The van der Waals surface area contributed by atoms with Crippen LogP contribution in [0.25, 0.3) is 10.9 Å². The molecule has 3 rings (SSSR count). The van der Waals surface area contributed by atoms with Gasteiger partial charge in [-0.2, -0.15) is 0 Å². The zero-order valence-corrected chi connectivity index (χ0v) is 14.6. The number of carbonyl (C=O) groups is 1. The van der Waals surface area contributed by atoms with Crippen LogP contribution < -0.4 is 10.5 Å². The van der Waals surface area contributed by atoms with Crippen LogP contribution in [-0.4, -0.2) is 59.9 Å². The third-order valence-corrected chi connectivity index (χ3v) is 4.50. The van der Waals surface area contributed by atoms with E-state index >= 15 is 0 Å². The van der Waals surface area contributed by atoms with Gasteiger partial charge in [-0.25, -0.2) is 0 Å². The number of anilines is 1. The number of rotatable bonds is 3. The molecule has 1 amide bonds. The fourth-order valence-corrected chi connectivity index (χ4v) is 3.17. The first-order valence-electron chi connectivity index (χ1n) is 7.84. The second kappa shape index (κ2) is 8.44. The van der Waals surface area contributed by atoms with Crippen LogP contribution in [0.4, 0.5) is 5.69 Å². The predicted molar refractivity (Wildman–Crippen MR) is 108 cm³/mol. The van der Waals surface area contributed by atoms with E-state index in [9.17, 15) is 14.7 Å². The van der Waals surface area contributed by atoms with Gasteiger partial charge in [0.05, 0.1) is 15.9 Å². The number of aromatic hydroxyl groups is 1. The van der Waals surface area contributed by atoms with Gasteiger partial charge < -0.3 is 14.6 Å². The van der Waals surface area contributed by atoms with Crippen LogP contribution >= 0.6 is 11.6 Å². The summed E-state index contributed by atoms with van der Waals surface area (Å²) in [5.41, 5.74) is 0.269. The van der Waals surface area contributed by atoms with Gasteiger partial charge in [0.2, 0.25) is 0 Å². The van der Waals surface area contributed by atoms with Crippen molar-refractivity contribution in [3.8, 4) is 5.75 Å². The van der Waals surface area contributed by atoms with E-state index in [0.29, 0.717) is 23.1 Å². The molecule has 7 heteroatoms. The first-order valence-corrected chi connectivity index (χ1v) is 8.22. The van der Waals surface area contributed by atoms with Crippen molar-refractivity contribution in [2.45, 2.75) is 6.92 Å². The Kier molecular flexibility index (Phi) is 6.74. The van der Waals surface area contributed by atoms with E-state index in [0.717, 1.165) is 0 Å². The summed E-state index contributed by atoms with van der Waals surface area (Å²) in [5, 5.41) is 11.2. The monoisotopic (exact) mass is 398 g/mol. The third-order valence-electron chi connectivity index (χ3n) is 4.19. The molecule has 0 saturated carbocycles. The van der Waals surface area contributed by atoms with Crippen molar-refractivity contribution in [2.24, 2.45) is 7.05 Å². The minimum atomic E-state index is -0.563. The van der Waals surface area contributed by atoms with Gasteiger partial charge in [0.15, 0.2) is 0 Å². The summed E-state index contributed by atoms with van der Waals surface area (Å²) in [4.78, 5) is 27.2. The number of nitrogens with zero attached hydrogens (tertiary/aromatic N) is 2. The molecule has 1 aromatic heterocycles. The number of amides is 1. The fourth-order valence-electron chi connectivity index (χ4n) is 2.91. The molecule has 0 saturated heterocycles. The van der Waals surface area contributed by atoms with Crippen molar-refractivity contribution in [3.05, 3.63) is 69.5 Å². The molecule has 132 valence electrons. The van der Waals surface area contributed by atoms with E-state index in [2.05, 4.69) is 0 Å². The summed E-state index contributed by atoms with van der Waals surface area (Å²) in [6.07, 6.45) is 0. The van der Waals surface area contributed by atoms with Crippen molar-refractivity contribution in [1.82, 2.24) is 4.57 Å². The molecule has 5 nitrogen and oxygen atoms in total.